The number of aryl methyl sites for hydroxylation is 2. The van der Waals surface area contributed by atoms with Gasteiger partial charge in [-0.25, -0.2) is 9.36 Å². The number of unbranched alkanes of at least 4 members (excludes halogenated alkanes) is 1. The fourth-order valence-corrected chi connectivity index (χ4v) is 2.39. The van der Waals surface area contributed by atoms with Crippen LogP contribution in [-0.4, -0.2) is 25.2 Å². The maximum atomic E-state index is 12.7. The van der Waals surface area contributed by atoms with E-state index in [0.29, 0.717) is 12.1 Å². The fraction of sp³-hybridized carbons (Fsp3) is 0.429. The number of hydrogen-bond donors (Lipinski definition) is 3. The number of nitrogens with two attached hydrogens (primary N) is 1. The van der Waals surface area contributed by atoms with Crippen LogP contribution in [0, 0.1) is 19.3 Å². The first kappa shape index (κ1) is 16.5. The molecule has 0 unspecified atom stereocenters. The van der Waals surface area contributed by atoms with Crippen LogP contribution in [0.2, 0.25) is 0 Å². The summed E-state index contributed by atoms with van der Waals surface area (Å²) >= 11 is 0. The van der Waals surface area contributed by atoms with E-state index in [-0.39, 0.29) is 18.0 Å². The Morgan fingerprint density at radius 2 is 2.04 bits per heavy atom. The van der Waals surface area contributed by atoms with Crippen molar-refractivity contribution in [2.24, 2.45) is 5.73 Å². The molecule has 0 amide bonds. The maximum Gasteiger partial charge on any atom is 0.338 e. The Hall–Kier alpha value is -2.84. The van der Waals surface area contributed by atoms with Crippen LogP contribution in [0.15, 0.2) is 14.1 Å². The van der Waals surface area contributed by atoms with E-state index in [4.69, 9.17) is 15.7 Å². The Kier molecular flexibility index (Phi) is 4.39. The average molecular weight is 321 g/mol. The Labute approximate surface area is 131 Å². The van der Waals surface area contributed by atoms with Gasteiger partial charge in [-0.15, -0.1) is 0 Å². The minimum absolute atomic E-state index is 0.200. The van der Waals surface area contributed by atoms with Gasteiger partial charge in [-0.2, -0.15) is 0 Å². The van der Waals surface area contributed by atoms with Crippen LogP contribution in [0.4, 0.5) is 0 Å². The molecule has 0 aliphatic heterocycles. The van der Waals surface area contributed by atoms with E-state index in [1.807, 2.05) is 6.92 Å². The molecule has 0 fully saturated rings. The Balaban J connectivity index is 2.92. The van der Waals surface area contributed by atoms with Gasteiger partial charge in [-0.05, 0) is 20.3 Å². The zero-order valence-electron chi connectivity index (χ0n) is 13.2. The van der Waals surface area contributed by atoms with Crippen molar-refractivity contribution in [2.45, 2.75) is 40.2 Å². The molecule has 9 nitrogen and oxygen atoms in total. The molecule has 0 atom stereocenters. The topological polar surface area (TPSA) is 140 Å². The van der Waals surface area contributed by atoms with Gasteiger partial charge in [0, 0.05) is 6.54 Å². The molecule has 2 aromatic heterocycles. The Morgan fingerprint density at radius 1 is 1.39 bits per heavy atom. The lowest BCUT2D eigenvalue weighted by Crippen LogP contribution is -2.43. The summed E-state index contributed by atoms with van der Waals surface area (Å²) in [6.07, 6.45) is 1.40. The summed E-state index contributed by atoms with van der Waals surface area (Å²) in [7, 11) is 0. The van der Waals surface area contributed by atoms with E-state index in [0.717, 1.165) is 15.6 Å². The zero-order chi connectivity index (χ0) is 17.3. The van der Waals surface area contributed by atoms with Gasteiger partial charge in [0.25, 0.3) is 5.56 Å². The molecule has 23 heavy (non-hydrogen) atoms. The first-order valence-electron chi connectivity index (χ1n) is 7.17. The lowest BCUT2D eigenvalue weighted by molar-refractivity contribution is 0.386. The summed E-state index contributed by atoms with van der Waals surface area (Å²) < 4.78 is 6.88. The molecule has 0 saturated heterocycles. The molecule has 2 aromatic rings. The monoisotopic (exact) mass is 321 g/mol. The lowest BCUT2D eigenvalue weighted by Gasteiger charge is -2.14. The summed E-state index contributed by atoms with van der Waals surface area (Å²) in [5.41, 5.74) is 3.96. The van der Waals surface area contributed by atoms with Crippen molar-refractivity contribution in [3.8, 4) is 11.6 Å². The number of nitrogens with one attached hydrogen (secondary N) is 1. The van der Waals surface area contributed by atoms with Crippen LogP contribution in [0.3, 0.4) is 0 Å². The number of aromatic hydroxyl groups is 1. The molecular formula is C14H19N5O4. The van der Waals surface area contributed by atoms with E-state index >= 15 is 0 Å². The molecule has 2 rings (SSSR count). The van der Waals surface area contributed by atoms with Gasteiger partial charge in [0.15, 0.2) is 5.76 Å². The highest BCUT2D eigenvalue weighted by Crippen LogP contribution is 2.17. The summed E-state index contributed by atoms with van der Waals surface area (Å²) in [5.74, 6) is -0.925. The molecule has 2 heterocycles. The molecule has 0 spiro atoms. The predicted molar refractivity (Wildman–Crippen MR) is 83.4 cm³/mol. The maximum absolute atomic E-state index is 12.7. The third-order valence-electron chi connectivity index (χ3n) is 3.54. The molecule has 0 aliphatic rings. The van der Waals surface area contributed by atoms with Gasteiger partial charge >= 0.3 is 5.69 Å². The zero-order valence-corrected chi connectivity index (χ0v) is 13.2. The second-order valence-corrected chi connectivity index (χ2v) is 5.21. The van der Waals surface area contributed by atoms with E-state index in [9.17, 15) is 14.7 Å². The molecule has 0 aromatic carbocycles. The van der Waals surface area contributed by atoms with E-state index in [1.165, 1.54) is 0 Å². The largest absolute Gasteiger partial charge is 0.494 e. The van der Waals surface area contributed by atoms with Crippen LogP contribution in [0.5, 0.6) is 5.88 Å². The predicted octanol–water partition coefficient (Wildman–Crippen LogP) is 0.394. The van der Waals surface area contributed by atoms with Crippen LogP contribution >= 0.6 is 0 Å². The quantitative estimate of drug-likeness (QED) is 0.537. The smallest absolute Gasteiger partial charge is 0.338 e. The van der Waals surface area contributed by atoms with Crippen LogP contribution in [0.25, 0.3) is 5.69 Å². The number of aromatic nitrogens is 3. The number of nitrogen functional groups attached to an aromatic ring is 1. The molecule has 0 saturated carbocycles. The van der Waals surface area contributed by atoms with Gasteiger partial charge in [0.05, 0.1) is 0 Å². The lowest BCUT2D eigenvalue weighted by atomic mass is 10.2. The van der Waals surface area contributed by atoms with Crippen molar-refractivity contribution in [3.63, 3.8) is 0 Å². The van der Waals surface area contributed by atoms with Crippen molar-refractivity contribution < 1.29 is 9.63 Å². The molecule has 9 heteroatoms. The molecule has 0 aliphatic carbocycles. The van der Waals surface area contributed by atoms with E-state index in [2.05, 4.69) is 5.16 Å². The first-order chi connectivity index (χ1) is 10.8. The summed E-state index contributed by atoms with van der Waals surface area (Å²) in [6.45, 7) is 5.29. The molecular weight excluding hydrogens is 302 g/mol. The van der Waals surface area contributed by atoms with Gasteiger partial charge in [0.1, 0.15) is 22.8 Å². The third kappa shape index (κ3) is 2.65. The summed E-state index contributed by atoms with van der Waals surface area (Å²) in [5, 5.41) is 21.5. The van der Waals surface area contributed by atoms with E-state index < -0.39 is 28.5 Å². The SMILES string of the molecule is CCCCn1c(O)c(C(=N)N)c(=O)n(-c2c(C)noc2C)c1=O. The second-order valence-electron chi connectivity index (χ2n) is 5.21. The fourth-order valence-electron chi connectivity index (χ4n) is 2.39. The summed E-state index contributed by atoms with van der Waals surface area (Å²) in [6, 6.07) is 0. The van der Waals surface area contributed by atoms with Crippen molar-refractivity contribution in [1.29, 1.82) is 5.41 Å². The van der Waals surface area contributed by atoms with Crippen LogP contribution in [-0.2, 0) is 6.54 Å². The molecule has 0 bridgehead atoms. The first-order valence-corrected chi connectivity index (χ1v) is 7.17. The highest BCUT2D eigenvalue weighted by molar-refractivity contribution is 5.96. The number of amidine groups is 1. The molecule has 4 N–H and O–H groups in total. The number of hydrogen-bond acceptors (Lipinski definition) is 6. The number of nitrogens with zero attached hydrogens (tertiary/aromatic N) is 3. The normalized spacial score (nSPS) is 10.9. The standard InChI is InChI=1S/C14H19N5O4/c1-4-5-6-18-12(20)9(11(15)16)13(21)19(14(18)22)10-7(2)17-23-8(10)3/h20H,4-6H2,1-3H3,(H3,15,16). The Morgan fingerprint density at radius 3 is 2.52 bits per heavy atom. The molecule has 124 valence electrons. The third-order valence-corrected chi connectivity index (χ3v) is 3.54. The molecule has 0 radical (unpaired) electrons. The average Bonchev–Trinajstić information content (AvgIpc) is 2.79. The minimum atomic E-state index is -0.873. The second kappa shape index (κ2) is 6.11. The number of rotatable bonds is 5. The van der Waals surface area contributed by atoms with Gasteiger partial charge in [-0.3, -0.25) is 14.8 Å². The van der Waals surface area contributed by atoms with Crippen molar-refractivity contribution in [1.82, 2.24) is 14.3 Å². The van der Waals surface area contributed by atoms with Crippen molar-refractivity contribution >= 4 is 5.84 Å². The Bertz CT molecular complexity index is 855. The van der Waals surface area contributed by atoms with Crippen molar-refractivity contribution in [2.75, 3.05) is 0 Å². The minimum Gasteiger partial charge on any atom is -0.494 e. The van der Waals surface area contributed by atoms with E-state index in [1.54, 1.807) is 13.8 Å². The van der Waals surface area contributed by atoms with Gasteiger partial charge in [-0.1, -0.05) is 18.5 Å². The highest BCUT2D eigenvalue weighted by Gasteiger charge is 2.24. The van der Waals surface area contributed by atoms with Gasteiger partial charge < -0.3 is 15.4 Å². The van der Waals surface area contributed by atoms with Crippen LogP contribution in [0.1, 0.15) is 36.8 Å². The summed E-state index contributed by atoms with van der Waals surface area (Å²) in [4.78, 5) is 25.3. The van der Waals surface area contributed by atoms with Crippen LogP contribution < -0.4 is 17.0 Å². The highest BCUT2D eigenvalue weighted by atomic mass is 16.5. The van der Waals surface area contributed by atoms with Gasteiger partial charge in [0.2, 0.25) is 5.88 Å². The van der Waals surface area contributed by atoms with Crippen molar-refractivity contribution in [3.05, 3.63) is 37.9 Å².